The van der Waals surface area contributed by atoms with Crippen LogP contribution in [0, 0.1) is 21.8 Å². The Morgan fingerprint density at radius 3 is 2.71 bits per heavy atom. The Morgan fingerprint density at radius 2 is 2.14 bits per heavy atom. The second kappa shape index (κ2) is 5.37. The molecule has 1 atom stereocenters. The minimum atomic E-state index is -3.76. The van der Waals surface area contributed by atoms with Gasteiger partial charge in [-0.05, 0) is 12.1 Å². The topological polar surface area (TPSA) is 124 Å². The molecule has 1 aliphatic rings. The highest BCUT2D eigenvalue weighted by Crippen LogP contribution is 2.34. The maximum atomic E-state index is 13.6. The SMILES string of the molecule is NS(=O)(=O)CC1CC(=O)N(c2cccc(F)c2[N+](=O)[O-])C1. The minimum Gasteiger partial charge on any atom is -0.306 e. The second-order valence-corrected chi connectivity index (χ2v) is 6.43. The average Bonchev–Trinajstić information content (AvgIpc) is 2.66. The number of amides is 1. The van der Waals surface area contributed by atoms with Gasteiger partial charge in [0.1, 0.15) is 5.69 Å². The molecule has 0 saturated carbocycles. The maximum absolute atomic E-state index is 13.6. The molecule has 1 unspecified atom stereocenters. The van der Waals surface area contributed by atoms with E-state index in [0.29, 0.717) is 0 Å². The number of primary sulfonamides is 1. The molecule has 1 fully saturated rings. The average molecular weight is 317 g/mol. The number of sulfonamides is 1. The number of rotatable bonds is 4. The first kappa shape index (κ1) is 15.3. The van der Waals surface area contributed by atoms with Crippen LogP contribution in [-0.4, -0.2) is 31.5 Å². The van der Waals surface area contributed by atoms with E-state index >= 15 is 0 Å². The van der Waals surface area contributed by atoms with Gasteiger partial charge in [-0.25, -0.2) is 13.6 Å². The lowest BCUT2D eigenvalue weighted by molar-refractivity contribution is -0.386. The quantitative estimate of drug-likeness (QED) is 0.635. The van der Waals surface area contributed by atoms with Crippen molar-refractivity contribution in [1.82, 2.24) is 0 Å². The summed E-state index contributed by atoms with van der Waals surface area (Å²) in [5.41, 5.74) is -0.982. The molecule has 1 amide bonds. The summed E-state index contributed by atoms with van der Waals surface area (Å²) in [4.78, 5) is 22.9. The van der Waals surface area contributed by atoms with Gasteiger partial charge in [0.05, 0.1) is 10.7 Å². The van der Waals surface area contributed by atoms with Gasteiger partial charge in [0, 0.05) is 18.9 Å². The van der Waals surface area contributed by atoms with Gasteiger partial charge in [0.15, 0.2) is 0 Å². The molecule has 1 aromatic rings. The van der Waals surface area contributed by atoms with E-state index in [1.165, 1.54) is 12.1 Å². The molecule has 1 heterocycles. The highest BCUT2D eigenvalue weighted by molar-refractivity contribution is 7.89. The molecular formula is C11H12FN3O5S. The molecule has 1 aliphatic heterocycles. The predicted molar refractivity (Wildman–Crippen MR) is 71.5 cm³/mol. The number of nitro benzene ring substituents is 1. The van der Waals surface area contributed by atoms with Crippen molar-refractivity contribution in [3.05, 3.63) is 34.1 Å². The van der Waals surface area contributed by atoms with Crippen LogP contribution in [0.25, 0.3) is 0 Å². The van der Waals surface area contributed by atoms with Gasteiger partial charge in [-0.1, -0.05) is 6.07 Å². The maximum Gasteiger partial charge on any atom is 0.328 e. The third-order valence-corrected chi connectivity index (χ3v) is 4.05. The van der Waals surface area contributed by atoms with Gasteiger partial charge in [-0.3, -0.25) is 14.9 Å². The number of halogens is 1. The number of hydrogen-bond donors (Lipinski definition) is 1. The number of anilines is 1. The first-order chi connectivity index (χ1) is 9.69. The highest BCUT2D eigenvalue weighted by Gasteiger charge is 2.36. The van der Waals surface area contributed by atoms with Gasteiger partial charge in [0.2, 0.25) is 21.7 Å². The van der Waals surface area contributed by atoms with Gasteiger partial charge in [0.25, 0.3) is 0 Å². The Morgan fingerprint density at radius 1 is 1.48 bits per heavy atom. The van der Waals surface area contributed by atoms with Crippen LogP contribution in [-0.2, 0) is 14.8 Å². The van der Waals surface area contributed by atoms with Crippen molar-refractivity contribution >= 4 is 27.3 Å². The number of hydrogen-bond acceptors (Lipinski definition) is 5. The van der Waals surface area contributed by atoms with Crippen LogP contribution in [0.1, 0.15) is 6.42 Å². The van der Waals surface area contributed by atoms with E-state index < -0.39 is 44.0 Å². The fraction of sp³-hybridized carbons (Fsp3) is 0.364. The molecule has 8 nitrogen and oxygen atoms in total. The molecule has 114 valence electrons. The Bertz CT molecular complexity index is 706. The predicted octanol–water partition coefficient (Wildman–Crippen LogP) is 0.375. The number of para-hydroxylation sites is 1. The fourth-order valence-electron chi connectivity index (χ4n) is 2.36. The van der Waals surface area contributed by atoms with Gasteiger partial charge in [-0.15, -0.1) is 0 Å². The zero-order chi connectivity index (χ0) is 15.8. The molecule has 0 aromatic heterocycles. The van der Waals surface area contributed by atoms with E-state index in [-0.39, 0.29) is 18.7 Å². The largest absolute Gasteiger partial charge is 0.328 e. The summed E-state index contributed by atoms with van der Waals surface area (Å²) in [7, 11) is -3.76. The highest BCUT2D eigenvalue weighted by atomic mass is 32.2. The Hall–Kier alpha value is -2.07. The fourth-order valence-corrected chi connectivity index (χ4v) is 3.24. The molecule has 2 rings (SSSR count). The Labute approximate surface area is 119 Å². The summed E-state index contributed by atoms with van der Waals surface area (Å²) in [6, 6.07) is 3.42. The van der Waals surface area contributed by atoms with Crippen molar-refractivity contribution in [3.63, 3.8) is 0 Å². The van der Waals surface area contributed by atoms with Crippen LogP contribution in [0.4, 0.5) is 15.8 Å². The van der Waals surface area contributed by atoms with Crippen molar-refractivity contribution in [2.45, 2.75) is 6.42 Å². The number of benzene rings is 1. The lowest BCUT2D eigenvalue weighted by Crippen LogP contribution is -2.28. The second-order valence-electron chi connectivity index (χ2n) is 4.77. The molecule has 0 aliphatic carbocycles. The van der Waals surface area contributed by atoms with E-state index in [4.69, 9.17) is 5.14 Å². The molecule has 1 aromatic carbocycles. The Balaban J connectivity index is 2.34. The molecular weight excluding hydrogens is 305 g/mol. The minimum absolute atomic E-state index is 0.0560. The zero-order valence-electron chi connectivity index (χ0n) is 10.7. The van der Waals surface area contributed by atoms with Crippen LogP contribution < -0.4 is 10.0 Å². The van der Waals surface area contributed by atoms with Gasteiger partial charge >= 0.3 is 5.69 Å². The summed E-state index contributed by atoms with van der Waals surface area (Å²) in [6.45, 7) is -0.0560. The van der Waals surface area contributed by atoms with Crippen LogP contribution >= 0.6 is 0 Å². The van der Waals surface area contributed by atoms with Crippen LogP contribution in [0.5, 0.6) is 0 Å². The van der Waals surface area contributed by atoms with E-state index in [1.54, 1.807) is 0 Å². The van der Waals surface area contributed by atoms with Crippen molar-refractivity contribution < 1.29 is 22.5 Å². The number of nitrogens with zero attached hydrogens (tertiary/aromatic N) is 2. The molecule has 0 spiro atoms. The number of nitro groups is 1. The lowest BCUT2D eigenvalue weighted by atomic mass is 10.1. The first-order valence-corrected chi connectivity index (χ1v) is 7.64. The molecule has 21 heavy (non-hydrogen) atoms. The standard InChI is InChI=1S/C11H12FN3O5S/c12-8-2-1-3-9(11(8)15(17)18)14-5-7(4-10(14)16)6-21(13,19)20/h1-3,7H,4-6H2,(H2,13,19,20). The lowest BCUT2D eigenvalue weighted by Gasteiger charge is -2.16. The van der Waals surface area contributed by atoms with Crippen molar-refractivity contribution in [1.29, 1.82) is 0 Å². The summed E-state index contributed by atoms with van der Waals surface area (Å²) in [5, 5.41) is 15.8. The normalized spacial score (nSPS) is 19.0. The van der Waals surface area contributed by atoms with E-state index in [1.807, 2.05) is 0 Å². The molecule has 0 bridgehead atoms. The summed E-state index contributed by atoms with van der Waals surface area (Å²) < 4.78 is 35.6. The van der Waals surface area contributed by atoms with E-state index in [2.05, 4.69) is 0 Å². The number of carbonyl (C=O) groups excluding carboxylic acids is 1. The molecule has 0 radical (unpaired) electrons. The smallest absolute Gasteiger partial charge is 0.306 e. The Kier molecular flexibility index (Phi) is 3.92. The third-order valence-electron chi connectivity index (χ3n) is 3.11. The third kappa shape index (κ3) is 3.34. The van der Waals surface area contributed by atoms with Crippen molar-refractivity contribution in [2.75, 3.05) is 17.2 Å². The van der Waals surface area contributed by atoms with Crippen molar-refractivity contribution in [3.8, 4) is 0 Å². The monoisotopic (exact) mass is 317 g/mol. The zero-order valence-corrected chi connectivity index (χ0v) is 11.5. The summed E-state index contributed by atoms with van der Waals surface area (Å²) >= 11 is 0. The van der Waals surface area contributed by atoms with Crippen molar-refractivity contribution in [2.24, 2.45) is 11.1 Å². The molecule has 2 N–H and O–H groups in total. The van der Waals surface area contributed by atoms with Gasteiger partial charge in [-0.2, -0.15) is 4.39 Å². The summed E-state index contributed by atoms with van der Waals surface area (Å²) in [5.74, 6) is -2.54. The number of nitrogens with two attached hydrogens (primary N) is 1. The van der Waals surface area contributed by atoms with E-state index in [0.717, 1.165) is 11.0 Å². The van der Waals surface area contributed by atoms with Crippen LogP contribution in [0.3, 0.4) is 0 Å². The first-order valence-electron chi connectivity index (χ1n) is 5.93. The number of carbonyl (C=O) groups is 1. The summed E-state index contributed by atoms with van der Waals surface area (Å²) in [6.07, 6.45) is -0.107. The van der Waals surface area contributed by atoms with Crippen LogP contribution in [0.2, 0.25) is 0 Å². The van der Waals surface area contributed by atoms with Crippen LogP contribution in [0.15, 0.2) is 18.2 Å². The van der Waals surface area contributed by atoms with E-state index in [9.17, 15) is 27.7 Å². The molecule has 1 saturated heterocycles. The van der Waals surface area contributed by atoms with Gasteiger partial charge < -0.3 is 4.90 Å². The molecule has 10 heteroatoms.